The molecule has 1 N–H and O–H groups in total. The van der Waals surface area contributed by atoms with Crippen molar-refractivity contribution in [2.45, 2.75) is 18.9 Å². The molecule has 1 aromatic carbocycles. The highest BCUT2D eigenvalue weighted by Crippen LogP contribution is 2.38. The summed E-state index contributed by atoms with van der Waals surface area (Å²) in [5.41, 5.74) is -1.89. The number of carboxylic acid groups (broad SMARTS) is 1. The third kappa shape index (κ3) is 3.13. The Kier molecular flexibility index (Phi) is 4.31. The van der Waals surface area contributed by atoms with Gasteiger partial charge in [0.2, 0.25) is 5.43 Å². The molecule has 1 aliphatic carbocycles. The van der Waals surface area contributed by atoms with E-state index in [4.69, 9.17) is 0 Å². The Balaban J connectivity index is 2.32. The molecule has 5 nitrogen and oxygen atoms in total. The predicted octanol–water partition coefficient (Wildman–Crippen LogP) is 2.23. The van der Waals surface area contributed by atoms with E-state index in [1.54, 1.807) is 19.0 Å². The number of carbonyl (C=O) groups is 1. The van der Waals surface area contributed by atoms with E-state index in [0.29, 0.717) is 6.54 Å². The van der Waals surface area contributed by atoms with Crippen LogP contribution in [0.25, 0.3) is 10.9 Å². The minimum atomic E-state index is -1.42. The van der Waals surface area contributed by atoms with Crippen LogP contribution >= 0.6 is 0 Å². The summed E-state index contributed by atoms with van der Waals surface area (Å²) in [5, 5.41) is 8.91. The summed E-state index contributed by atoms with van der Waals surface area (Å²) < 4.78 is 30.7. The highest BCUT2D eigenvalue weighted by atomic mass is 19.1. The number of pyridine rings is 1. The summed E-state index contributed by atoms with van der Waals surface area (Å²) in [6.45, 7) is 0.324. The van der Waals surface area contributed by atoms with E-state index in [0.717, 1.165) is 25.1 Å². The molecule has 25 heavy (non-hydrogen) atoms. The molecule has 0 aliphatic heterocycles. The molecule has 2 aromatic rings. The first-order valence-electron chi connectivity index (χ1n) is 7.75. The molecule has 1 aromatic heterocycles. The Bertz CT molecular complexity index is 996. The topological polar surface area (TPSA) is 62.5 Å². The second kappa shape index (κ2) is 6.30. The molecular weight excluding hydrogens is 330 g/mol. The largest absolute Gasteiger partial charge is 0.477 e. The van der Waals surface area contributed by atoms with E-state index >= 15 is 0 Å². The van der Waals surface area contributed by atoms with Gasteiger partial charge in [0.25, 0.3) is 0 Å². The number of halogens is 2. The van der Waals surface area contributed by atoms with E-state index in [2.05, 4.69) is 11.8 Å². The van der Waals surface area contributed by atoms with Crippen LogP contribution in [0.2, 0.25) is 0 Å². The number of carboxylic acids is 1. The fraction of sp³-hybridized carbons (Fsp3) is 0.333. The molecule has 0 saturated heterocycles. The zero-order valence-corrected chi connectivity index (χ0v) is 13.8. The SMILES string of the molecule is CN(C)CC#Cc1c(F)cc2c(=O)c(C(=O)O)cn(C3CC3)c2c1F. The highest BCUT2D eigenvalue weighted by Gasteiger charge is 2.29. The van der Waals surface area contributed by atoms with Crippen molar-refractivity contribution < 1.29 is 18.7 Å². The molecule has 7 heteroatoms. The van der Waals surface area contributed by atoms with Gasteiger partial charge in [-0.25, -0.2) is 13.6 Å². The second-order valence-electron chi connectivity index (χ2n) is 6.30. The first-order valence-corrected chi connectivity index (χ1v) is 7.75. The van der Waals surface area contributed by atoms with Gasteiger partial charge >= 0.3 is 5.97 Å². The molecule has 130 valence electrons. The van der Waals surface area contributed by atoms with E-state index < -0.39 is 34.2 Å². The van der Waals surface area contributed by atoms with Crippen LogP contribution in [-0.4, -0.2) is 41.2 Å². The second-order valence-corrected chi connectivity index (χ2v) is 6.30. The van der Waals surface area contributed by atoms with Crippen molar-refractivity contribution in [1.29, 1.82) is 0 Å². The molecule has 0 radical (unpaired) electrons. The van der Waals surface area contributed by atoms with Crippen molar-refractivity contribution in [3.63, 3.8) is 0 Å². The minimum Gasteiger partial charge on any atom is -0.477 e. The van der Waals surface area contributed by atoms with Gasteiger partial charge in [0.1, 0.15) is 11.4 Å². The van der Waals surface area contributed by atoms with Crippen LogP contribution in [0.1, 0.15) is 34.8 Å². The zero-order chi connectivity index (χ0) is 18.3. The molecule has 3 rings (SSSR count). The first-order chi connectivity index (χ1) is 11.8. The van der Waals surface area contributed by atoms with Crippen LogP contribution in [-0.2, 0) is 0 Å². The molecule has 1 heterocycles. The smallest absolute Gasteiger partial charge is 0.341 e. The maximum Gasteiger partial charge on any atom is 0.341 e. The quantitative estimate of drug-likeness (QED) is 0.866. The lowest BCUT2D eigenvalue weighted by Gasteiger charge is -2.13. The normalized spacial score (nSPS) is 13.8. The van der Waals surface area contributed by atoms with Gasteiger partial charge in [-0.15, -0.1) is 0 Å². The maximum atomic E-state index is 15.0. The van der Waals surface area contributed by atoms with E-state index in [-0.39, 0.29) is 16.9 Å². The van der Waals surface area contributed by atoms with Crippen LogP contribution in [0.4, 0.5) is 8.78 Å². The summed E-state index contributed by atoms with van der Waals surface area (Å²) in [7, 11) is 3.56. The van der Waals surface area contributed by atoms with Crippen molar-refractivity contribution in [3.8, 4) is 11.8 Å². The minimum absolute atomic E-state index is 0.0898. The Morgan fingerprint density at radius 3 is 2.64 bits per heavy atom. The standard InChI is InChI=1S/C18H16F2N2O3/c1-21(2)7-3-4-11-14(19)8-12-16(15(11)20)22(10-5-6-10)9-13(17(12)23)18(24)25/h8-10H,5-7H2,1-2H3,(H,24,25). The summed E-state index contributed by atoms with van der Waals surface area (Å²) in [6, 6.07) is 0.787. The van der Waals surface area contributed by atoms with Crippen molar-refractivity contribution in [2.75, 3.05) is 20.6 Å². The van der Waals surface area contributed by atoms with Crippen LogP contribution in [0.3, 0.4) is 0 Å². The van der Waals surface area contributed by atoms with Crippen molar-refractivity contribution in [1.82, 2.24) is 9.47 Å². The van der Waals surface area contributed by atoms with E-state index in [1.165, 1.54) is 4.57 Å². The highest BCUT2D eigenvalue weighted by molar-refractivity contribution is 5.93. The van der Waals surface area contributed by atoms with Gasteiger partial charge in [0, 0.05) is 12.2 Å². The lowest BCUT2D eigenvalue weighted by molar-refractivity contribution is 0.0695. The molecule has 0 bridgehead atoms. The van der Waals surface area contributed by atoms with Gasteiger partial charge < -0.3 is 9.67 Å². The van der Waals surface area contributed by atoms with Crippen LogP contribution in [0.15, 0.2) is 17.1 Å². The Morgan fingerprint density at radius 2 is 2.08 bits per heavy atom. The molecule has 0 atom stereocenters. The molecule has 1 fully saturated rings. The van der Waals surface area contributed by atoms with Gasteiger partial charge in [0.15, 0.2) is 5.82 Å². The molecule has 0 spiro atoms. The molecule has 1 saturated carbocycles. The van der Waals surface area contributed by atoms with Crippen molar-refractivity contribution in [3.05, 3.63) is 45.2 Å². The predicted molar refractivity (Wildman–Crippen MR) is 88.8 cm³/mol. The Hall–Kier alpha value is -2.72. The number of rotatable bonds is 3. The number of hydrogen-bond donors (Lipinski definition) is 1. The van der Waals surface area contributed by atoms with E-state index in [9.17, 15) is 23.5 Å². The first kappa shape index (κ1) is 17.1. The summed E-state index contributed by atoms with van der Waals surface area (Å²) in [5.74, 6) is 1.82. The molecular formula is C18H16F2N2O3. The number of hydrogen-bond acceptors (Lipinski definition) is 3. The van der Waals surface area contributed by atoms with Gasteiger partial charge in [-0.1, -0.05) is 11.8 Å². The fourth-order valence-electron chi connectivity index (χ4n) is 2.64. The van der Waals surface area contributed by atoms with Crippen LogP contribution < -0.4 is 5.43 Å². The molecule has 0 amide bonds. The van der Waals surface area contributed by atoms with Gasteiger partial charge in [-0.3, -0.25) is 9.69 Å². The van der Waals surface area contributed by atoms with Gasteiger partial charge in [-0.2, -0.15) is 0 Å². The Morgan fingerprint density at radius 1 is 1.40 bits per heavy atom. The molecule has 0 unspecified atom stereocenters. The average Bonchev–Trinajstić information content (AvgIpc) is 3.35. The van der Waals surface area contributed by atoms with Crippen molar-refractivity contribution in [2.24, 2.45) is 0 Å². The molecule has 1 aliphatic rings. The summed E-state index contributed by atoms with van der Waals surface area (Å²) in [4.78, 5) is 25.3. The van der Waals surface area contributed by atoms with E-state index in [1.807, 2.05) is 0 Å². The zero-order valence-electron chi connectivity index (χ0n) is 13.8. The Labute approximate surface area is 142 Å². The van der Waals surface area contributed by atoms with Gasteiger partial charge in [0.05, 0.1) is 23.0 Å². The fourth-order valence-corrected chi connectivity index (χ4v) is 2.64. The maximum absolute atomic E-state index is 15.0. The number of fused-ring (bicyclic) bond motifs is 1. The lowest BCUT2D eigenvalue weighted by atomic mass is 10.1. The number of nitrogens with zero attached hydrogens (tertiary/aromatic N) is 2. The monoisotopic (exact) mass is 346 g/mol. The number of aromatic nitrogens is 1. The number of aromatic carboxylic acids is 1. The third-order valence-corrected chi connectivity index (χ3v) is 3.99. The summed E-state index contributed by atoms with van der Waals surface area (Å²) in [6.07, 6.45) is 2.63. The van der Waals surface area contributed by atoms with Gasteiger partial charge in [-0.05, 0) is 33.0 Å². The van der Waals surface area contributed by atoms with Crippen molar-refractivity contribution >= 4 is 16.9 Å². The average molecular weight is 346 g/mol. The number of benzene rings is 1. The summed E-state index contributed by atoms with van der Waals surface area (Å²) >= 11 is 0. The van der Waals surface area contributed by atoms with Crippen LogP contribution in [0, 0.1) is 23.5 Å². The van der Waals surface area contributed by atoms with Crippen LogP contribution in [0.5, 0.6) is 0 Å². The lowest BCUT2D eigenvalue weighted by Crippen LogP contribution is -2.20. The third-order valence-electron chi connectivity index (χ3n) is 3.99.